The van der Waals surface area contributed by atoms with Crippen molar-refractivity contribution in [2.24, 2.45) is 0 Å². The first-order valence-corrected chi connectivity index (χ1v) is 6.68. The van der Waals surface area contributed by atoms with Gasteiger partial charge in [0, 0.05) is 23.9 Å². The molecule has 0 saturated heterocycles. The summed E-state index contributed by atoms with van der Waals surface area (Å²) in [6.45, 7) is 0. The van der Waals surface area contributed by atoms with Crippen LogP contribution in [-0.2, 0) is 0 Å². The monoisotopic (exact) mass is 309 g/mol. The number of nitro groups is 1. The predicted molar refractivity (Wildman–Crippen MR) is 83.1 cm³/mol. The molecule has 0 amide bonds. The topological polar surface area (TPSA) is 109 Å². The molecule has 2 aromatic carbocycles. The second-order valence-electron chi connectivity index (χ2n) is 4.84. The summed E-state index contributed by atoms with van der Waals surface area (Å²) in [7, 11) is 0. The van der Waals surface area contributed by atoms with Crippen molar-refractivity contribution in [3.8, 4) is 22.4 Å². The number of benzene rings is 2. The highest BCUT2D eigenvalue weighted by Gasteiger charge is 2.15. The molecule has 114 valence electrons. The molecule has 3 rings (SSSR count). The van der Waals surface area contributed by atoms with E-state index in [-0.39, 0.29) is 11.3 Å². The standard InChI is InChI=1S/C16H11N3O4/c20-16(21)14-9-17-18-15(14)12-3-1-2-11(8-12)10-4-6-13(7-5-10)19(22)23/h1-9H,(H,17,18)(H,20,21). The molecule has 1 heterocycles. The molecular weight excluding hydrogens is 298 g/mol. The second kappa shape index (κ2) is 5.72. The van der Waals surface area contributed by atoms with Crippen molar-refractivity contribution in [1.29, 1.82) is 0 Å². The lowest BCUT2D eigenvalue weighted by molar-refractivity contribution is -0.384. The van der Waals surface area contributed by atoms with E-state index in [1.54, 1.807) is 30.3 Å². The van der Waals surface area contributed by atoms with Gasteiger partial charge in [-0.1, -0.05) is 18.2 Å². The normalized spacial score (nSPS) is 10.4. The van der Waals surface area contributed by atoms with Gasteiger partial charge in [-0.2, -0.15) is 5.10 Å². The van der Waals surface area contributed by atoms with Crippen molar-refractivity contribution < 1.29 is 14.8 Å². The molecule has 7 heteroatoms. The van der Waals surface area contributed by atoms with Gasteiger partial charge in [0.15, 0.2) is 0 Å². The molecule has 0 unspecified atom stereocenters. The molecule has 0 spiro atoms. The summed E-state index contributed by atoms with van der Waals surface area (Å²) in [5, 5.41) is 26.4. The van der Waals surface area contributed by atoms with Crippen LogP contribution in [0.25, 0.3) is 22.4 Å². The van der Waals surface area contributed by atoms with Crippen LogP contribution < -0.4 is 0 Å². The smallest absolute Gasteiger partial charge is 0.339 e. The fourth-order valence-corrected chi connectivity index (χ4v) is 2.29. The second-order valence-corrected chi connectivity index (χ2v) is 4.84. The number of hydrogen-bond acceptors (Lipinski definition) is 4. The van der Waals surface area contributed by atoms with Gasteiger partial charge in [-0.25, -0.2) is 4.79 Å². The zero-order valence-electron chi connectivity index (χ0n) is 11.8. The first-order chi connectivity index (χ1) is 11.1. The molecule has 0 atom stereocenters. The molecule has 0 aliphatic heterocycles. The highest BCUT2D eigenvalue weighted by Crippen LogP contribution is 2.28. The van der Waals surface area contributed by atoms with Gasteiger partial charge in [0.25, 0.3) is 5.69 Å². The summed E-state index contributed by atoms with van der Waals surface area (Å²) >= 11 is 0. The minimum atomic E-state index is -1.06. The van der Waals surface area contributed by atoms with Crippen LogP contribution in [0.15, 0.2) is 54.7 Å². The molecular formula is C16H11N3O4. The summed E-state index contributed by atoms with van der Waals surface area (Å²) in [6, 6.07) is 13.4. The minimum absolute atomic E-state index is 0.0189. The fourth-order valence-electron chi connectivity index (χ4n) is 2.29. The van der Waals surface area contributed by atoms with Crippen molar-refractivity contribution in [3.63, 3.8) is 0 Å². The Balaban J connectivity index is 2.01. The zero-order valence-corrected chi connectivity index (χ0v) is 11.8. The van der Waals surface area contributed by atoms with Crippen molar-refractivity contribution in [1.82, 2.24) is 10.2 Å². The van der Waals surface area contributed by atoms with Crippen molar-refractivity contribution in [2.75, 3.05) is 0 Å². The van der Waals surface area contributed by atoms with Gasteiger partial charge >= 0.3 is 5.97 Å². The number of carbonyl (C=O) groups is 1. The van der Waals surface area contributed by atoms with Gasteiger partial charge in [0.1, 0.15) is 11.3 Å². The highest BCUT2D eigenvalue weighted by atomic mass is 16.6. The third-order valence-electron chi connectivity index (χ3n) is 3.42. The number of nitrogens with one attached hydrogen (secondary N) is 1. The molecule has 0 aliphatic rings. The summed E-state index contributed by atoms with van der Waals surface area (Å²) in [5.74, 6) is -1.06. The number of H-pyrrole nitrogens is 1. The van der Waals surface area contributed by atoms with Gasteiger partial charge in [-0.15, -0.1) is 0 Å². The van der Waals surface area contributed by atoms with Crippen LogP contribution in [0, 0.1) is 10.1 Å². The SMILES string of the molecule is O=C(O)c1c[nH]nc1-c1cccc(-c2ccc([N+](=O)[O-])cc2)c1. The van der Waals surface area contributed by atoms with Crippen LogP contribution in [0.5, 0.6) is 0 Å². The van der Waals surface area contributed by atoms with E-state index in [1.807, 2.05) is 6.07 Å². The number of aromatic carboxylic acids is 1. The van der Waals surface area contributed by atoms with Crippen molar-refractivity contribution in [2.45, 2.75) is 0 Å². The molecule has 0 fully saturated rings. The lowest BCUT2D eigenvalue weighted by atomic mass is 10.0. The van der Waals surface area contributed by atoms with E-state index in [1.165, 1.54) is 18.3 Å². The number of nitro benzene ring substituents is 1. The van der Waals surface area contributed by atoms with Crippen LogP contribution in [0.3, 0.4) is 0 Å². The van der Waals surface area contributed by atoms with E-state index >= 15 is 0 Å². The van der Waals surface area contributed by atoms with Crippen LogP contribution >= 0.6 is 0 Å². The van der Waals surface area contributed by atoms with E-state index < -0.39 is 10.9 Å². The van der Waals surface area contributed by atoms with Gasteiger partial charge in [-0.3, -0.25) is 15.2 Å². The zero-order chi connectivity index (χ0) is 16.4. The largest absolute Gasteiger partial charge is 0.478 e. The number of aromatic amines is 1. The molecule has 3 aromatic rings. The maximum absolute atomic E-state index is 11.2. The maximum atomic E-state index is 11.2. The molecule has 23 heavy (non-hydrogen) atoms. The minimum Gasteiger partial charge on any atom is -0.478 e. The van der Waals surface area contributed by atoms with E-state index in [4.69, 9.17) is 5.11 Å². The Kier molecular flexibility index (Phi) is 3.60. The Morgan fingerprint density at radius 3 is 2.43 bits per heavy atom. The summed E-state index contributed by atoms with van der Waals surface area (Å²) < 4.78 is 0. The Labute approximate surface area is 130 Å². The Bertz CT molecular complexity index is 884. The van der Waals surface area contributed by atoms with E-state index in [0.29, 0.717) is 11.3 Å². The van der Waals surface area contributed by atoms with Gasteiger partial charge < -0.3 is 5.11 Å². The molecule has 0 bridgehead atoms. The predicted octanol–water partition coefficient (Wildman–Crippen LogP) is 3.35. The van der Waals surface area contributed by atoms with Crippen molar-refractivity contribution in [3.05, 3.63) is 70.4 Å². The van der Waals surface area contributed by atoms with E-state index in [9.17, 15) is 14.9 Å². The first kappa shape index (κ1) is 14.5. The molecule has 0 radical (unpaired) electrons. The highest BCUT2D eigenvalue weighted by molar-refractivity contribution is 5.94. The number of aromatic nitrogens is 2. The van der Waals surface area contributed by atoms with Crippen LogP contribution in [-0.4, -0.2) is 26.2 Å². The Hall–Kier alpha value is -3.48. The summed E-state index contributed by atoms with van der Waals surface area (Å²) in [4.78, 5) is 21.4. The van der Waals surface area contributed by atoms with Crippen LogP contribution in [0.2, 0.25) is 0 Å². The van der Waals surface area contributed by atoms with Crippen LogP contribution in [0.4, 0.5) is 5.69 Å². The average Bonchev–Trinajstić information content (AvgIpc) is 3.05. The molecule has 0 saturated carbocycles. The third-order valence-corrected chi connectivity index (χ3v) is 3.42. The Morgan fingerprint density at radius 2 is 1.78 bits per heavy atom. The molecule has 1 aromatic heterocycles. The molecule has 0 aliphatic carbocycles. The number of carboxylic acids is 1. The molecule has 7 nitrogen and oxygen atoms in total. The number of non-ortho nitro benzene ring substituents is 1. The number of carboxylic acid groups (broad SMARTS) is 1. The third kappa shape index (κ3) is 2.80. The lowest BCUT2D eigenvalue weighted by Gasteiger charge is -2.05. The average molecular weight is 309 g/mol. The molecule has 2 N–H and O–H groups in total. The summed E-state index contributed by atoms with van der Waals surface area (Å²) in [5.41, 5.74) is 2.72. The van der Waals surface area contributed by atoms with E-state index in [0.717, 1.165) is 11.1 Å². The maximum Gasteiger partial charge on any atom is 0.339 e. The quantitative estimate of drug-likeness (QED) is 0.567. The van der Waals surface area contributed by atoms with Gasteiger partial charge in [0.2, 0.25) is 0 Å². The van der Waals surface area contributed by atoms with E-state index in [2.05, 4.69) is 10.2 Å². The summed E-state index contributed by atoms with van der Waals surface area (Å²) in [6.07, 6.45) is 1.33. The Morgan fingerprint density at radius 1 is 1.09 bits per heavy atom. The fraction of sp³-hybridized carbons (Fsp3) is 0. The number of hydrogen-bond donors (Lipinski definition) is 2. The van der Waals surface area contributed by atoms with Crippen molar-refractivity contribution >= 4 is 11.7 Å². The lowest BCUT2D eigenvalue weighted by Crippen LogP contribution is -1.96. The van der Waals surface area contributed by atoms with Gasteiger partial charge in [0.05, 0.1) is 4.92 Å². The van der Waals surface area contributed by atoms with Crippen LogP contribution in [0.1, 0.15) is 10.4 Å². The first-order valence-electron chi connectivity index (χ1n) is 6.68. The number of nitrogens with zero attached hydrogens (tertiary/aromatic N) is 2. The van der Waals surface area contributed by atoms with Gasteiger partial charge in [-0.05, 0) is 29.3 Å². The number of rotatable bonds is 4.